The number of aliphatic hydroxyl groups excluding tert-OH is 3. The maximum atomic E-state index is 14.0. The molecule has 0 saturated carbocycles. The van der Waals surface area contributed by atoms with Crippen molar-refractivity contribution in [3.63, 3.8) is 0 Å². The van der Waals surface area contributed by atoms with E-state index in [1.807, 2.05) is 0 Å². The van der Waals surface area contributed by atoms with Crippen LogP contribution in [-0.2, 0) is 4.74 Å². The molecule has 4 N–H and O–H groups in total. The minimum Gasteiger partial charge on any atom is -0.394 e. The van der Waals surface area contributed by atoms with Gasteiger partial charge >= 0.3 is 0 Å². The topological polar surface area (TPSA) is 116 Å². The first kappa shape index (κ1) is 16.0. The standard InChI is InChI=1S/C15H17FN2O5/c1-5-7-3-8(13-12(21)11(20)9(4-19)23-13)15(22)18-14(7)17-6(2)10(5)16/h3,9,11-13,19-21H,4H2,1-2H3,(H,17,18,22)/t9-,11?,12+,13+/m1/s1. The zero-order valence-corrected chi connectivity index (χ0v) is 12.6. The molecule has 0 aliphatic carbocycles. The molecular formula is C15H17FN2O5. The SMILES string of the molecule is Cc1nc2[nH]c(=O)c([C@@H]3O[C@H](CO)C(O)[C@@H]3O)cc2c(C)c1F. The zero-order valence-electron chi connectivity index (χ0n) is 12.6. The Labute approximate surface area is 130 Å². The van der Waals surface area contributed by atoms with E-state index < -0.39 is 42.4 Å². The average molecular weight is 324 g/mol. The number of aryl methyl sites for hydroxylation is 2. The van der Waals surface area contributed by atoms with E-state index in [-0.39, 0.29) is 16.9 Å². The third kappa shape index (κ3) is 2.43. The van der Waals surface area contributed by atoms with Crippen molar-refractivity contribution in [1.29, 1.82) is 0 Å². The number of aromatic amines is 1. The molecule has 2 aromatic rings. The van der Waals surface area contributed by atoms with Crippen LogP contribution >= 0.6 is 0 Å². The van der Waals surface area contributed by atoms with Crippen molar-refractivity contribution in [2.75, 3.05) is 6.61 Å². The van der Waals surface area contributed by atoms with E-state index in [1.54, 1.807) is 6.92 Å². The third-order valence-electron chi connectivity index (χ3n) is 4.23. The van der Waals surface area contributed by atoms with Gasteiger partial charge in [-0.25, -0.2) is 9.37 Å². The molecular weight excluding hydrogens is 307 g/mol. The summed E-state index contributed by atoms with van der Waals surface area (Å²) in [6.45, 7) is 2.57. The molecule has 1 saturated heterocycles. The van der Waals surface area contributed by atoms with Crippen LogP contribution in [0.1, 0.15) is 22.9 Å². The van der Waals surface area contributed by atoms with Gasteiger partial charge in [0.2, 0.25) is 0 Å². The van der Waals surface area contributed by atoms with Crippen molar-refractivity contribution in [2.45, 2.75) is 38.3 Å². The van der Waals surface area contributed by atoms with Crippen molar-refractivity contribution >= 4 is 11.0 Å². The molecule has 0 amide bonds. The van der Waals surface area contributed by atoms with Crippen LogP contribution < -0.4 is 5.56 Å². The highest BCUT2D eigenvalue weighted by molar-refractivity contribution is 5.79. The largest absolute Gasteiger partial charge is 0.394 e. The fourth-order valence-electron chi connectivity index (χ4n) is 2.88. The Morgan fingerprint density at radius 2 is 2.04 bits per heavy atom. The summed E-state index contributed by atoms with van der Waals surface area (Å²) in [6.07, 6.45) is -4.78. The highest BCUT2D eigenvalue weighted by atomic mass is 19.1. The van der Waals surface area contributed by atoms with Crippen LogP contribution in [-0.4, -0.2) is 50.2 Å². The highest BCUT2D eigenvalue weighted by Gasteiger charge is 2.44. The van der Waals surface area contributed by atoms with E-state index in [9.17, 15) is 19.4 Å². The van der Waals surface area contributed by atoms with Gasteiger partial charge < -0.3 is 25.0 Å². The molecule has 124 valence electrons. The Bertz CT molecular complexity index is 822. The second-order valence-electron chi connectivity index (χ2n) is 5.71. The number of aromatic nitrogens is 2. The molecule has 1 fully saturated rings. The summed E-state index contributed by atoms with van der Waals surface area (Å²) in [5.41, 5.74) is 0.225. The molecule has 1 aliphatic rings. The van der Waals surface area contributed by atoms with E-state index in [2.05, 4.69) is 9.97 Å². The molecule has 8 heteroatoms. The summed E-state index contributed by atoms with van der Waals surface area (Å²) in [4.78, 5) is 18.8. The summed E-state index contributed by atoms with van der Waals surface area (Å²) in [5, 5.41) is 29.4. The Morgan fingerprint density at radius 1 is 1.35 bits per heavy atom. The number of hydrogen-bond donors (Lipinski definition) is 4. The number of fused-ring (bicyclic) bond motifs is 1. The average Bonchev–Trinajstić information content (AvgIpc) is 2.80. The van der Waals surface area contributed by atoms with Gasteiger partial charge in [0.1, 0.15) is 35.9 Å². The summed E-state index contributed by atoms with van der Waals surface area (Å²) in [7, 11) is 0. The van der Waals surface area contributed by atoms with Gasteiger partial charge in [-0.1, -0.05) is 0 Å². The second-order valence-corrected chi connectivity index (χ2v) is 5.71. The van der Waals surface area contributed by atoms with Crippen LogP contribution in [0.2, 0.25) is 0 Å². The van der Waals surface area contributed by atoms with Crippen molar-refractivity contribution < 1.29 is 24.4 Å². The fraction of sp³-hybridized carbons (Fsp3) is 0.467. The van der Waals surface area contributed by atoms with E-state index in [4.69, 9.17) is 9.84 Å². The number of H-pyrrole nitrogens is 1. The number of nitrogens with zero attached hydrogens (tertiary/aromatic N) is 1. The first-order valence-corrected chi connectivity index (χ1v) is 7.17. The summed E-state index contributed by atoms with van der Waals surface area (Å²) < 4.78 is 19.4. The zero-order chi connectivity index (χ0) is 16.9. The Kier molecular flexibility index (Phi) is 3.93. The van der Waals surface area contributed by atoms with Gasteiger partial charge in [-0.2, -0.15) is 0 Å². The lowest BCUT2D eigenvalue weighted by Gasteiger charge is -2.15. The van der Waals surface area contributed by atoms with Crippen molar-refractivity contribution in [2.24, 2.45) is 0 Å². The Hall–Kier alpha value is -1.87. The van der Waals surface area contributed by atoms with Crippen molar-refractivity contribution in [3.05, 3.63) is 39.1 Å². The fourth-order valence-corrected chi connectivity index (χ4v) is 2.88. The van der Waals surface area contributed by atoms with Crippen molar-refractivity contribution in [1.82, 2.24) is 9.97 Å². The maximum absolute atomic E-state index is 14.0. The van der Waals surface area contributed by atoms with Gasteiger partial charge in [0.15, 0.2) is 0 Å². The predicted molar refractivity (Wildman–Crippen MR) is 78.5 cm³/mol. The summed E-state index contributed by atoms with van der Waals surface area (Å²) >= 11 is 0. The van der Waals surface area contributed by atoms with Crippen LogP contribution in [0.4, 0.5) is 4.39 Å². The van der Waals surface area contributed by atoms with Gasteiger partial charge in [0.25, 0.3) is 5.56 Å². The van der Waals surface area contributed by atoms with E-state index in [0.29, 0.717) is 10.9 Å². The van der Waals surface area contributed by atoms with E-state index >= 15 is 0 Å². The molecule has 4 atom stereocenters. The highest BCUT2D eigenvalue weighted by Crippen LogP contribution is 2.33. The third-order valence-corrected chi connectivity index (χ3v) is 4.23. The number of aliphatic hydroxyl groups is 3. The first-order valence-electron chi connectivity index (χ1n) is 7.17. The normalized spacial score (nSPS) is 27.7. The van der Waals surface area contributed by atoms with Crippen molar-refractivity contribution in [3.8, 4) is 0 Å². The lowest BCUT2D eigenvalue weighted by molar-refractivity contribution is -0.0231. The first-order chi connectivity index (χ1) is 10.8. The second kappa shape index (κ2) is 5.64. The van der Waals surface area contributed by atoms with Crippen LogP contribution in [0, 0.1) is 19.7 Å². The molecule has 0 bridgehead atoms. The lowest BCUT2D eigenvalue weighted by atomic mass is 10.0. The molecule has 2 aromatic heterocycles. The molecule has 7 nitrogen and oxygen atoms in total. The molecule has 0 spiro atoms. The van der Waals surface area contributed by atoms with Gasteiger partial charge in [-0.05, 0) is 25.5 Å². The van der Waals surface area contributed by atoms with E-state index in [1.165, 1.54) is 13.0 Å². The number of pyridine rings is 2. The van der Waals surface area contributed by atoms with Gasteiger partial charge in [-0.15, -0.1) is 0 Å². The Morgan fingerprint density at radius 3 is 2.65 bits per heavy atom. The Balaban J connectivity index is 2.16. The summed E-state index contributed by atoms with van der Waals surface area (Å²) in [6, 6.07) is 1.40. The number of rotatable bonds is 2. The minimum absolute atomic E-state index is 0.0492. The number of halogens is 1. The van der Waals surface area contributed by atoms with Gasteiger partial charge in [0, 0.05) is 10.9 Å². The van der Waals surface area contributed by atoms with Crippen LogP contribution in [0.5, 0.6) is 0 Å². The monoisotopic (exact) mass is 324 g/mol. The quantitative estimate of drug-likeness (QED) is 0.610. The van der Waals surface area contributed by atoms with Gasteiger partial charge in [-0.3, -0.25) is 4.79 Å². The molecule has 1 aliphatic heterocycles. The van der Waals surface area contributed by atoms with Crippen LogP contribution in [0.3, 0.4) is 0 Å². The molecule has 3 rings (SSSR count). The smallest absolute Gasteiger partial charge is 0.255 e. The number of ether oxygens (including phenoxy) is 1. The minimum atomic E-state index is -1.37. The molecule has 3 heterocycles. The lowest BCUT2D eigenvalue weighted by Crippen LogP contribution is -2.33. The van der Waals surface area contributed by atoms with Crippen LogP contribution in [0.15, 0.2) is 10.9 Å². The van der Waals surface area contributed by atoms with Crippen LogP contribution in [0.25, 0.3) is 11.0 Å². The van der Waals surface area contributed by atoms with E-state index in [0.717, 1.165) is 0 Å². The molecule has 0 aromatic carbocycles. The molecule has 1 unspecified atom stereocenters. The molecule has 0 radical (unpaired) electrons. The summed E-state index contributed by atoms with van der Waals surface area (Å²) in [5.74, 6) is -0.475. The molecule has 23 heavy (non-hydrogen) atoms. The maximum Gasteiger partial charge on any atom is 0.255 e. The number of nitrogens with one attached hydrogen (secondary N) is 1. The van der Waals surface area contributed by atoms with Gasteiger partial charge in [0.05, 0.1) is 12.3 Å². The predicted octanol–water partition coefficient (Wildman–Crippen LogP) is -0.167. The number of hydrogen-bond acceptors (Lipinski definition) is 6.